The summed E-state index contributed by atoms with van der Waals surface area (Å²) in [5.74, 6) is -0.408. The quantitative estimate of drug-likeness (QED) is 0.873. The van der Waals surface area contributed by atoms with Crippen LogP contribution in [0, 0.1) is 17.8 Å². The fourth-order valence-corrected chi connectivity index (χ4v) is 4.53. The predicted octanol–water partition coefficient (Wildman–Crippen LogP) is 2.59. The number of rotatable bonds is 2. The van der Waals surface area contributed by atoms with Gasteiger partial charge in [0.15, 0.2) is 0 Å². The van der Waals surface area contributed by atoms with Crippen LogP contribution in [0.15, 0.2) is 18.2 Å². The van der Waals surface area contributed by atoms with Crippen LogP contribution in [0.4, 0.5) is 0 Å². The molecule has 24 heavy (non-hydrogen) atoms. The lowest BCUT2D eigenvalue weighted by atomic mass is 9.79. The van der Waals surface area contributed by atoms with Crippen LogP contribution in [0.5, 0.6) is 5.75 Å². The van der Waals surface area contributed by atoms with E-state index in [0.29, 0.717) is 6.54 Å². The number of aryl methyl sites for hydroxylation is 1. The number of aliphatic carboxylic acids is 1. The minimum atomic E-state index is -0.782. The van der Waals surface area contributed by atoms with Gasteiger partial charge in [-0.1, -0.05) is 13.0 Å². The minimum Gasteiger partial charge on any atom is -0.497 e. The van der Waals surface area contributed by atoms with E-state index in [1.165, 1.54) is 11.1 Å². The highest BCUT2D eigenvalue weighted by Crippen LogP contribution is 2.50. The fraction of sp³-hybridized carbons (Fsp3) is 0.579. The zero-order valence-corrected chi connectivity index (χ0v) is 14.2. The van der Waals surface area contributed by atoms with Crippen molar-refractivity contribution in [3.8, 4) is 5.75 Å². The monoisotopic (exact) mass is 331 g/mol. The highest BCUT2D eigenvalue weighted by atomic mass is 16.5. The first-order chi connectivity index (χ1) is 11.5. The molecule has 1 saturated carbocycles. The molecule has 3 rings (SSSR count). The Morgan fingerprint density at radius 1 is 1.38 bits per heavy atom. The summed E-state index contributed by atoms with van der Waals surface area (Å²) in [5.41, 5.74) is 2.42. The number of carboxylic acid groups (broad SMARTS) is 1. The number of carbonyl (C=O) groups is 2. The van der Waals surface area contributed by atoms with Crippen LogP contribution in [0.1, 0.15) is 43.2 Å². The lowest BCUT2D eigenvalue weighted by Gasteiger charge is -2.26. The molecule has 2 N–H and O–H groups in total. The maximum Gasteiger partial charge on any atom is 0.307 e. The van der Waals surface area contributed by atoms with Crippen molar-refractivity contribution in [2.45, 2.75) is 38.5 Å². The van der Waals surface area contributed by atoms with Gasteiger partial charge >= 0.3 is 5.97 Å². The molecule has 1 heterocycles. The Morgan fingerprint density at radius 2 is 2.17 bits per heavy atom. The van der Waals surface area contributed by atoms with Crippen molar-refractivity contribution in [3.63, 3.8) is 0 Å². The molecule has 2 aliphatic rings. The molecule has 0 aromatic heterocycles. The first-order valence-electron chi connectivity index (χ1n) is 8.67. The fourth-order valence-electron chi connectivity index (χ4n) is 4.53. The van der Waals surface area contributed by atoms with E-state index in [1.807, 2.05) is 13.0 Å². The van der Waals surface area contributed by atoms with E-state index in [0.717, 1.165) is 25.0 Å². The summed E-state index contributed by atoms with van der Waals surface area (Å²) in [6.45, 7) is 2.62. The number of benzene rings is 1. The number of amides is 1. The van der Waals surface area contributed by atoms with Crippen molar-refractivity contribution in [2.75, 3.05) is 13.7 Å². The molecule has 0 bridgehead atoms. The lowest BCUT2D eigenvalue weighted by Crippen LogP contribution is -2.33. The van der Waals surface area contributed by atoms with Gasteiger partial charge in [-0.2, -0.15) is 0 Å². The second kappa shape index (κ2) is 6.83. The Balaban J connectivity index is 2.04. The second-order valence-corrected chi connectivity index (χ2v) is 7.07. The number of carboxylic acids is 1. The van der Waals surface area contributed by atoms with Crippen molar-refractivity contribution in [2.24, 2.45) is 17.8 Å². The number of fused-ring (bicyclic) bond motifs is 3. The molecule has 0 saturated heterocycles. The van der Waals surface area contributed by atoms with Gasteiger partial charge < -0.3 is 15.2 Å². The number of methoxy groups -OCH3 is 1. The van der Waals surface area contributed by atoms with Crippen LogP contribution in [-0.2, 0) is 16.0 Å². The average molecular weight is 331 g/mol. The Bertz CT molecular complexity index is 642. The Hall–Kier alpha value is -2.04. The molecule has 1 aromatic carbocycles. The van der Waals surface area contributed by atoms with Crippen molar-refractivity contribution in [3.05, 3.63) is 29.3 Å². The minimum absolute atomic E-state index is 0.0256. The predicted molar refractivity (Wildman–Crippen MR) is 90.1 cm³/mol. The smallest absolute Gasteiger partial charge is 0.307 e. The number of carbonyl (C=O) groups excluding carboxylic acids is 1. The van der Waals surface area contributed by atoms with Crippen LogP contribution < -0.4 is 10.1 Å². The summed E-state index contributed by atoms with van der Waals surface area (Å²) in [6, 6.07) is 6.08. The molecule has 5 nitrogen and oxygen atoms in total. The third-order valence-electron chi connectivity index (χ3n) is 5.62. The van der Waals surface area contributed by atoms with Crippen molar-refractivity contribution < 1.29 is 19.4 Å². The van der Waals surface area contributed by atoms with Crippen LogP contribution in [-0.4, -0.2) is 30.6 Å². The summed E-state index contributed by atoms with van der Waals surface area (Å²) in [4.78, 5) is 24.0. The summed E-state index contributed by atoms with van der Waals surface area (Å²) in [5, 5.41) is 12.6. The van der Waals surface area contributed by atoms with Gasteiger partial charge in [0.05, 0.1) is 13.0 Å². The molecular formula is C19H25NO4. The third-order valence-corrected chi connectivity index (χ3v) is 5.62. The first-order valence-corrected chi connectivity index (χ1v) is 8.67. The van der Waals surface area contributed by atoms with E-state index in [2.05, 4.69) is 17.4 Å². The molecule has 5 heteroatoms. The van der Waals surface area contributed by atoms with Gasteiger partial charge in [-0.05, 0) is 60.3 Å². The molecule has 4 atom stereocenters. The van der Waals surface area contributed by atoms with Crippen LogP contribution >= 0.6 is 0 Å². The van der Waals surface area contributed by atoms with E-state index < -0.39 is 11.9 Å². The van der Waals surface area contributed by atoms with Crippen molar-refractivity contribution in [1.82, 2.24) is 5.32 Å². The number of ether oxygens (including phenoxy) is 1. The average Bonchev–Trinajstić information content (AvgIpc) is 2.87. The molecule has 0 radical (unpaired) electrons. The molecule has 0 spiro atoms. The molecular weight excluding hydrogens is 306 g/mol. The van der Waals surface area contributed by atoms with Gasteiger partial charge in [0.2, 0.25) is 5.91 Å². The number of hydrogen-bond acceptors (Lipinski definition) is 3. The van der Waals surface area contributed by atoms with Crippen LogP contribution in [0.3, 0.4) is 0 Å². The van der Waals surface area contributed by atoms with E-state index in [9.17, 15) is 14.7 Å². The van der Waals surface area contributed by atoms with Crippen molar-refractivity contribution in [1.29, 1.82) is 0 Å². The van der Waals surface area contributed by atoms with E-state index in [4.69, 9.17) is 4.74 Å². The summed E-state index contributed by atoms with van der Waals surface area (Å²) in [7, 11) is 1.66. The summed E-state index contributed by atoms with van der Waals surface area (Å²) in [6.07, 6.45) is 2.84. The first kappa shape index (κ1) is 16.8. The van der Waals surface area contributed by atoms with Crippen LogP contribution in [0.25, 0.3) is 0 Å². The third kappa shape index (κ3) is 3.12. The highest BCUT2D eigenvalue weighted by molar-refractivity contribution is 5.78. The summed E-state index contributed by atoms with van der Waals surface area (Å²) >= 11 is 0. The highest BCUT2D eigenvalue weighted by Gasteiger charge is 2.47. The van der Waals surface area contributed by atoms with Gasteiger partial charge in [-0.3, -0.25) is 9.59 Å². The van der Waals surface area contributed by atoms with Gasteiger partial charge in [0, 0.05) is 13.0 Å². The molecule has 1 aromatic rings. The lowest BCUT2D eigenvalue weighted by molar-refractivity contribution is -0.144. The Labute approximate surface area is 142 Å². The number of nitrogens with one attached hydrogen (secondary N) is 1. The van der Waals surface area contributed by atoms with Gasteiger partial charge in [-0.25, -0.2) is 0 Å². The largest absolute Gasteiger partial charge is 0.497 e. The van der Waals surface area contributed by atoms with E-state index in [-0.39, 0.29) is 30.1 Å². The second-order valence-electron chi connectivity index (χ2n) is 7.07. The maximum atomic E-state index is 12.2. The SMILES string of the molecule is COc1ccc2c(c1)CCCNC(=O)C[C@H]1[C@H](C(=O)O)[C@@H](C)C[C@H]21. The molecule has 1 aliphatic heterocycles. The molecule has 130 valence electrons. The zero-order valence-electron chi connectivity index (χ0n) is 14.2. The Kier molecular flexibility index (Phi) is 4.78. The summed E-state index contributed by atoms with van der Waals surface area (Å²) < 4.78 is 5.35. The van der Waals surface area contributed by atoms with Gasteiger partial charge in [0.1, 0.15) is 5.75 Å². The molecule has 1 amide bonds. The van der Waals surface area contributed by atoms with E-state index >= 15 is 0 Å². The Morgan fingerprint density at radius 3 is 2.88 bits per heavy atom. The standard InChI is InChI=1S/C19H25NO4/c1-11-8-15-14-6-5-13(24-2)9-12(14)4-3-7-20-17(21)10-16(15)18(11)19(22)23/h5-6,9,11,15-16,18H,3-4,7-8,10H2,1-2H3,(H,20,21)(H,22,23)/t11-,15+,16+,18+/m0/s1. The zero-order chi connectivity index (χ0) is 17.3. The maximum absolute atomic E-state index is 12.2. The van der Waals surface area contributed by atoms with E-state index in [1.54, 1.807) is 7.11 Å². The van der Waals surface area contributed by atoms with Crippen molar-refractivity contribution >= 4 is 11.9 Å². The van der Waals surface area contributed by atoms with Gasteiger partial charge in [0.25, 0.3) is 0 Å². The molecule has 0 unspecified atom stereocenters. The molecule has 1 aliphatic carbocycles. The number of hydrogen-bond donors (Lipinski definition) is 2. The van der Waals surface area contributed by atoms with Gasteiger partial charge in [-0.15, -0.1) is 0 Å². The van der Waals surface area contributed by atoms with Crippen LogP contribution in [0.2, 0.25) is 0 Å². The molecule has 1 fully saturated rings. The topological polar surface area (TPSA) is 75.6 Å². The normalized spacial score (nSPS) is 30.0.